The second kappa shape index (κ2) is 10.6. The molecule has 0 fully saturated rings. The zero-order valence-electron chi connectivity index (χ0n) is 18.2. The molecule has 0 saturated carbocycles. The maximum atomic E-state index is 13.9. The smallest absolute Gasteiger partial charge is 0.264 e. The van der Waals surface area contributed by atoms with Crippen molar-refractivity contribution in [2.45, 2.75) is 9.79 Å². The quantitative estimate of drug-likeness (QED) is 0.448. The highest BCUT2D eigenvalue weighted by molar-refractivity contribution is 7.98. The third-order valence-electron chi connectivity index (χ3n) is 4.71. The minimum atomic E-state index is -4.17. The van der Waals surface area contributed by atoms with E-state index in [-0.39, 0.29) is 10.6 Å². The molecule has 0 spiro atoms. The van der Waals surface area contributed by atoms with Crippen molar-refractivity contribution in [3.8, 4) is 11.5 Å². The molecule has 0 radical (unpaired) electrons. The van der Waals surface area contributed by atoms with Gasteiger partial charge < -0.3 is 14.8 Å². The normalized spacial score (nSPS) is 11.0. The number of hydrogen-bond donors (Lipinski definition) is 1. The Labute approximate surface area is 196 Å². The predicted molar refractivity (Wildman–Crippen MR) is 127 cm³/mol. The number of carbonyl (C=O) groups is 1. The van der Waals surface area contributed by atoms with Crippen LogP contribution < -0.4 is 19.1 Å². The van der Waals surface area contributed by atoms with Crippen LogP contribution in [0, 0.1) is 5.82 Å². The molecule has 0 atom stereocenters. The van der Waals surface area contributed by atoms with Crippen molar-refractivity contribution < 1.29 is 27.1 Å². The van der Waals surface area contributed by atoms with Gasteiger partial charge in [-0.15, -0.1) is 11.8 Å². The molecule has 33 heavy (non-hydrogen) atoms. The highest BCUT2D eigenvalue weighted by Gasteiger charge is 2.28. The van der Waals surface area contributed by atoms with Gasteiger partial charge in [-0.25, -0.2) is 12.8 Å². The largest absolute Gasteiger partial charge is 0.497 e. The number of thioether (sulfide) groups is 1. The van der Waals surface area contributed by atoms with Gasteiger partial charge in [-0.3, -0.25) is 9.10 Å². The molecule has 3 aromatic rings. The Morgan fingerprint density at radius 2 is 1.76 bits per heavy atom. The zero-order chi connectivity index (χ0) is 24.0. The van der Waals surface area contributed by atoms with Gasteiger partial charge in [-0.1, -0.05) is 6.07 Å². The van der Waals surface area contributed by atoms with E-state index in [0.29, 0.717) is 17.2 Å². The number of nitrogens with one attached hydrogen (secondary N) is 1. The lowest BCUT2D eigenvalue weighted by Crippen LogP contribution is -2.38. The second-order valence-corrected chi connectivity index (χ2v) is 9.52. The first kappa shape index (κ1) is 24.4. The van der Waals surface area contributed by atoms with Crippen molar-refractivity contribution in [1.82, 2.24) is 0 Å². The van der Waals surface area contributed by atoms with Crippen LogP contribution in [0.25, 0.3) is 0 Å². The predicted octanol–water partition coefficient (Wildman–Crippen LogP) is 4.40. The summed E-state index contributed by atoms with van der Waals surface area (Å²) in [5, 5.41) is 2.65. The van der Waals surface area contributed by atoms with Crippen molar-refractivity contribution in [1.29, 1.82) is 0 Å². The molecule has 0 unspecified atom stereocenters. The summed E-state index contributed by atoms with van der Waals surface area (Å²) >= 11 is 1.47. The molecule has 0 heterocycles. The Morgan fingerprint density at radius 3 is 2.36 bits per heavy atom. The number of halogens is 1. The third-order valence-corrected chi connectivity index (χ3v) is 7.24. The third kappa shape index (κ3) is 5.77. The summed E-state index contributed by atoms with van der Waals surface area (Å²) in [6, 6.07) is 16.1. The van der Waals surface area contributed by atoms with E-state index in [1.807, 2.05) is 6.26 Å². The average molecular weight is 491 g/mol. The number of carbonyl (C=O) groups excluding carboxylic acids is 1. The van der Waals surface area contributed by atoms with Gasteiger partial charge in [-0.2, -0.15) is 0 Å². The fraction of sp³-hybridized carbons (Fsp3) is 0.174. The number of sulfonamides is 1. The van der Waals surface area contributed by atoms with Gasteiger partial charge in [0.15, 0.2) is 0 Å². The van der Waals surface area contributed by atoms with Crippen LogP contribution in [0.1, 0.15) is 0 Å². The van der Waals surface area contributed by atoms with Crippen molar-refractivity contribution in [2.24, 2.45) is 0 Å². The monoisotopic (exact) mass is 490 g/mol. The number of nitrogens with zero attached hydrogens (tertiary/aromatic N) is 1. The summed E-state index contributed by atoms with van der Waals surface area (Å²) in [4.78, 5) is 13.8. The van der Waals surface area contributed by atoms with Crippen molar-refractivity contribution in [3.05, 3.63) is 72.5 Å². The first-order valence-electron chi connectivity index (χ1n) is 9.72. The lowest BCUT2D eigenvalue weighted by Gasteiger charge is -2.24. The zero-order valence-corrected chi connectivity index (χ0v) is 19.9. The number of ether oxygens (including phenoxy) is 2. The number of amides is 1. The number of rotatable bonds is 9. The van der Waals surface area contributed by atoms with E-state index >= 15 is 0 Å². The minimum absolute atomic E-state index is 0.0173. The Kier molecular flexibility index (Phi) is 7.83. The van der Waals surface area contributed by atoms with Gasteiger partial charge in [0.1, 0.15) is 23.9 Å². The highest BCUT2D eigenvalue weighted by atomic mass is 32.2. The van der Waals surface area contributed by atoms with E-state index in [1.54, 1.807) is 30.3 Å². The Bertz CT molecular complexity index is 1230. The summed E-state index contributed by atoms with van der Waals surface area (Å²) in [6.45, 7) is -0.587. The van der Waals surface area contributed by atoms with E-state index < -0.39 is 28.3 Å². The number of methoxy groups -OCH3 is 2. The lowest BCUT2D eigenvalue weighted by atomic mass is 10.2. The maximum Gasteiger partial charge on any atom is 0.264 e. The van der Waals surface area contributed by atoms with E-state index in [1.165, 1.54) is 56.3 Å². The van der Waals surface area contributed by atoms with Gasteiger partial charge in [0, 0.05) is 11.0 Å². The van der Waals surface area contributed by atoms with Crippen LogP contribution in [0.15, 0.2) is 76.5 Å². The van der Waals surface area contributed by atoms with E-state index in [9.17, 15) is 17.6 Å². The van der Waals surface area contributed by atoms with Crippen molar-refractivity contribution >= 4 is 39.1 Å². The number of hydrogen-bond acceptors (Lipinski definition) is 6. The molecule has 174 valence electrons. The van der Waals surface area contributed by atoms with Crippen LogP contribution in [0.3, 0.4) is 0 Å². The first-order valence-corrected chi connectivity index (χ1v) is 12.4. The van der Waals surface area contributed by atoms with E-state index in [0.717, 1.165) is 15.3 Å². The molecule has 1 amide bonds. The lowest BCUT2D eigenvalue weighted by molar-refractivity contribution is -0.114. The summed E-state index contributed by atoms with van der Waals surface area (Å²) < 4.78 is 52.1. The minimum Gasteiger partial charge on any atom is -0.497 e. The van der Waals surface area contributed by atoms with Crippen LogP contribution in [0.5, 0.6) is 11.5 Å². The maximum absolute atomic E-state index is 13.9. The van der Waals surface area contributed by atoms with E-state index in [2.05, 4.69) is 5.32 Å². The fourth-order valence-electron chi connectivity index (χ4n) is 3.05. The topological polar surface area (TPSA) is 84.9 Å². The second-order valence-electron chi connectivity index (χ2n) is 6.78. The van der Waals surface area contributed by atoms with E-state index in [4.69, 9.17) is 9.47 Å². The summed E-state index contributed by atoms with van der Waals surface area (Å²) in [6.07, 6.45) is 1.87. The molecule has 1 N–H and O–H groups in total. The van der Waals surface area contributed by atoms with Gasteiger partial charge >= 0.3 is 0 Å². The Morgan fingerprint density at radius 1 is 1.03 bits per heavy atom. The molecular formula is C23H23FN2O5S2. The van der Waals surface area contributed by atoms with Crippen molar-refractivity contribution in [3.63, 3.8) is 0 Å². The molecule has 3 rings (SSSR count). The SMILES string of the molecule is COc1ccc(OC)c(NC(=O)CN(c2cccc(F)c2)S(=O)(=O)c2ccc(SC)cc2)c1. The molecule has 3 aromatic carbocycles. The van der Waals surface area contributed by atoms with Crippen LogP contribution in [0.2, 0.25) is 0 Å². The Hall–Kier alpha value is -3.24. The molecule has 0 saturated heterocycles. The fourth-order valence-corrected chi connectivity index (χ4v) is 4.87. The highest BCUT2D eigenvalue weighted by Crippen LogP contribution is 2.30. The molecular weight excluding hydrogens is 467 g/mol. The molecule has 7 nitrogen and oxygen atoms in total. The molecule has 0 bridgehead atoms. The number of anilines is 2. The molecule has 0 aliphatic heterocycles. The van der Waals surface area contributed by atoms with Crippen LogP contribution >= 0.6 is 11.8 Å². The standard InChI is InChI=1S/C23H23FN2O5S2/c1-30-18-7-12-22(31-2)21(14-18)25-23(27)15-26(17-6-4-5-16(24)13-17)33(28,29)20-10-8-19(32-3)9-11-20/h4-14H,15H2,1-3H3,(H,25,27). The van der Waals surface area contributed by atoms with Crippen LogP contribution in [-0.2, 0) is 14.8 Å². The number of benzene rings is 3. The molecule has 0 aromatic heterocycles. The summed E-state index contributed by atoms with van der Waals surface area (Å²) in [5.41, 5.74) is 0.333. The van der Waals surface area contributed by atoms with Gasteiger partial charge in [0.2, 0.25) is 5.91 Å². The average Bonchev–Trinajstić information content (AvgIpc) is 2.82. The van der Waals surface area contributed by atoms with Gasteiger partial charge in [-0.05, 0) is 60.9 Å². The Balaban J connectivity index is 1.96. The van der Waals surface area contributed by atoms with Crippen molar-refractivity contribution in [2.75, 3.05) is 36.6 Å². The molecule has 0 aliphatic carbocycles. The van der Waals surface area contributed by atoms with Gasteiger partial charge in [0.25, 0.3) is 10.0 Å². The first-order chi connectivity index (χ1) is 15.8. The van der Waals surface area contributed by atoms with Crippen LogP contribution in [0.4, 0.5) is 15.8 Å². The van der Waals surface area contributed by atoms with Gasteiger partial charge in [0.05, 0.1) is 30.5 Å². The summed E-state index contributed by atoms with van der Waals surface area (Å²) in [7, 11) is -1.25. The molecule has 10 heteroatoms. The summed E-state index contributed by atoms with van der Waals surface area (Å²) in [5.74, 6) is -0.415. The van der Waals surface area contributed by atoms with Crippen LogP contribution in [-0.4, -0.2) is 41.3 Å². The molecule has 0 aliphatic rings.